The van der Waals surface area contributed by atoms with E-state index >= 15 is 0 Å². The number of halogens is 2. The second kappa shape index (κ2) is 7.69. The van der Waals surface area contributed by atoms with E-state index in [4.69, 9.17) is 21.1 Å². The van der Waals surface area contributed by atoms with Crippen molar-refractivity contribution in [2.75, 3.05) is 27.4 Å². The topological polar surface area (TPSA) is 30.5 Å². The highest BCUT2D eigenvalue weighted by atomic mass is 35.5. The minimum atomic E-state index is -0.401. The molecule has 0 spiro atoms. The van der Waals surface area contributed by atoms with E-state index in [1.165, 1.54) is 6.07 Å². The van der Waals surface area contributed by atoms with E-state index in [0.717, 1.165) is 5.56 Å². The number of nitrogens with one attached hydrogen (secondary N) is 1. The average Bonchev–Trinajstić information content (AvgIpc) is 2.37. The highest BCUT2D eigenvalue weighted by Crippen LogP contribution is 2.20. The summed E-state index contributed by atoms with van der Waals surface area (Å²) in [4.78, 5) is 0. The molecule has 0 heterocycles. The van der Waals surface area contributed by atoms with Crippen LogP contribution >= 0.6 is 11.6 Å². The van der Waals surface area contributed by atoms with Crippen LogP contribution in [0.5, 0.6) is 0 Å². The number of hydrogen-bond donors (Lipinski definition) is 1. The fourth-order valence-corrected chi connectivity index (χ4v) is 1.79. The van der Waals surface area contributed by atoms with Crippen LogP contribution in [0.25, 0.3) is 0 Å². The highest BCUT2D eigenvalue weighted by Gasteiger charge is 2.11. The van der Waals surface area contributed by atoms with Gasteiger partial charge in [-0.2, -0.15) is 0 Å². The maximum absolute atomic E-state index is 13.0. The van der Waals surface area contributed by atoms with Gasteiger partial charge in [0.25, 0.3) is 0 Å². The summed E-state index contributed by atoms with van der Waals surface area (Å²) < 4.78 is 23.3. The van der Waals surface area contributed by atoms with Crippen LogP contribution in [0, 0.1) is 5.82 Å². The van der Waals surface area contributed by atoms with Gasteiger partial charge in [0.05, 0.1) is 17.7 Å². The number of rotatable bonds is 7. The predicted octanol–water partition coefficient (Wildman–Crippen LogP) is 2.79. The lowest BCUT2D eigenvalue weighted by molar-refractivity contribution is 0.0276. The minimum Gasteiger partial charge on any atom is -0.382 e. The maximum atomic E-state index is 13.0. The zero-order chi connectivity index (χ0) is 13.5. The molecule has 2 atom stereocenters. The molecule has 0 saturated heterocycles. The Kier molecular flexibility index (Phi) is 6.57. The highest BCUT2D eigenvalue weighted by molar-refractivity contribution is 6.30. The van der Waals surface area contributed by atoms with Crippen molar-refractivity contribution >= 4 is 11.6 Å². The fraction of sp³-hybridized carbons (Fsp3) is 0.538. The van der Waals surface area contributed by atoms with Crippen molar-refractivity contribution in [2.45, 2.75) is 19.1 Å². The summed E-state index contributed by atoms with van der Waals surface area (Å²) >= 11 is 5.75. The molecule has 0 aliphatic carbocycles. The number of hydrogen-bond acceptors (Lipinski definition) is 3. The molecular formula is C13H19ClFNO2. The normalized spacial score (nSPS) is 14.5. The Balaban J connectivity index is 2.53. The standard InChI is InChI=1S/C13H19ClFNO2/c1-9(16-7-11(18-3)8-17-2)10-4-5-13(15)12(14)6-10/h4-6,9,11,16H,7-8H2,1-3H3. The van der Waals surface area contributed by atoms with E-state index in [9.17, 15) is 4.39 Å². The van der Waals surface area contributed by atoms with Crippen LogP contribution in [0.1, 0.15) is 18.5 Å². The first kappa shape index (κ1) is 15.4. The Labute approximate surface area is 112 Å². The summed E-state index contributed by atoms with van der Waals surface area (Å²) in [5.41, 5.74) is 0.939. The molecule has 3 nitrogen and oxygen atoms in total. The van der Waals surface area contributed by atoms with Crippen molar-refractivity contribution in [1.29, 1.82) is 0 Å². The molecule has 1 aromatic rings. The van der Waals surface area contributed by atoms with Gasteiger partial charge >= 0.3 is 0 Å². The molecule has 0 aliphatic rings. The Morgan fingerprint density at radius 1 is 1.39 bits per heavy atom. The smallest absolute Gasteiger partial charge is 0.141 e. The van der Waals surface area contributed by atoms with Crippen molar-refractivity contribution in [2.24, 2.45) is 0 Å². The van der Waals surface area contributed by atoms with Crippen LogP contribution in [0.15, 0.2) is 18.2 Å². The van der Waals surface area contributed by atoms with Crippen molar-refractivity contribution in [1.82, 2.24) is 5.32 Å². The molecule has 0 radical (unpaired) electrons. The van der Waals surface area contributed by atoms with Gasteiger partial charge in [-0.15, -0.1) is 0 Å². The molecule has 18 heavy (non-hydrogen) atoms. The number of ether oxygens (including phenoxy) is 2. The molecular weight excluding hydrogens is 257 g/mol. The Hall–Kier alpha value is -0.680. The fourth-order valence-electron chi connectivity index (χ4n) is 1.60. The molecule has 5 heteroatoms. The lowest BCUT2D eigenvalue weighted by Crippen LogP contribution is -2.33. The predicted molar refractivity (Wildman–Crippen MR) is 70.5 cm³/mol. The second-order valence-electron chi connectivity index (χ2n) is 4.12. The Morgan fingerprint density at radius 3 is 2.67 bits per heavy atom. The summed E-state index contributed by atoms with van der Waals surface area (Å²) in [6, 6.07) is 4.79. The van der Waals surface area contributed by atoms with Crippen molar-refractivity contribution in [3.05, 3.63) is 34.6 Å². The molecule has 2 unspecified atom stereocenters. The van der Waals surface area contributed by atoms with Crippen molar-refractivity contribution in [3.63, 3.8) is 0 Å². The summed E-state index contributed by atoms with van der Waals surface area (Å²) in [5.74, 6) is -0.401. The lowest BCUT2D eigenvalue weighted by Gasteiger charge is -2.19. The van der Waals surface area contributed by atoms with E-state index in [1.54, 1.807) is 26.4 Å². The lowest BCUT2D eigenvalue weighted by atomic mass is 10.1. The van der Waals surface area contributed by atoms with E-state index < -0.39 is 5.82 Å². The van der Waals surface area contributed by atoms with Gasteiger partial charge in [-0.25, -0.2) is 4.39 Å². The SMILES string of the molecule is COCC(CNC(C)c1ccc(F)c(Cl)c1)OC. The summed E-state index contributed by atoms with van der Waals surface area (Å²) in [6.07, 6.45) is -0.00614. The van der Waals surface area contributed by atoms with Crippen LogP contribution in [0.4, 0.5) is 4.39 Å². The largest absolute Gasteiger partial charge is 0.382 e. The van der Waals surface area contributed by atoms with Crippen molar-refractivity contribution in [3.8, 4) is 0 Å². The monoisotopic (exact) mass is 275 g/mol. The maximum Gasteiger partial charge on any atom is 0.141 e. The summed E-state index contributed by atoms with van der Waals surface area (Å²) in [7, 11) is 3.28. The van der Waals surface area contributed by atoms with Crippen molar-refractivity contribution < 1.29 is 13.9 Å². The van der Waals surface area contributed by atoms with Gasteiger partial charge < -0.3 is 14.8 Å². The third-order valence-corrected chi connectivity index (χ3v) is 3.07. The van der Waals surface area contributed by atoms with Gasteiger partial charge in [0, 0.05) is 26.8 Å². The van der Waals surface area contributed by atoms with Gasteiger partial charge in [0.2, 0.25) is 0 Å². The van der Waals surface area contributed by atoms with Gasteiger partial charge in [-0.1, -0.05) is 17.7 Å². The van der Waals surface area contributed by atoms with Gasteiger partial charge in [0.1, 0.15) is 5.82 Å². The second-order valence-corrected chi connectivity index (χ2v) is 4.52. The van der Waals surface area contributed by atoms with Crippen LogP contribution in [0.3, 0.4) is 0 Å². The molecule has 0 fully saturated rings. The molecule has 0 aliphatic heterocycles. The van der Waals surface area contributed by atoms with E-state index in [2.05, 4.69) is 5.32 Å². The third-order valence-electron chi connectivity index (χ3n) is 2.78. The first-order valence-corrected chi connectivity index (χ1v) is 6.16. The molecule has 0 aromatic heterocycles. The van der Waals surface area contributed by atoms with Gasteiger partial charge in [-0.05, 0) is 24.6 Å². The molecule has 1 N–H and O–H groups in total. The minimum absolute atomic E-state index is 0.00614. The third kappa shape index (κ3) is 4.53. The number of methoxy groups -OCH3 is 2. The van der Waals surface area contributed by atoms with Crippen LogP contribution < -0.4 is 5.32 Å². The molecule has 0 saturated carbocycles. The van der Waals surface area contributed by atoms with E-state index in [1.807, 2.05) is 6.92 Å². The zero-order valence-corrected chi connectivity index (χ0v) is 11.6. The Morgan fingerprint density at radius 2 is 2.11 bits per heavy atom. The average molecular weight is 276 g/mol. The number of benzene rings is 1. The molecule has 1 aromatic carbocycles. The first-order valence-electron chi connectivity index (χ1n) is 5.78. The quantitative estimate of drug-likeness (QED) is 0.830. The molecule has 0 amide bonds. The van der Waals surface area contributed by atoms with E-state index in [0.29, 0.717) is 13.2 Å². The summed E-state index contributed by atoms with van der Waals surface area (Å²) in [5, 5.41) is 3.44. The van der Waals surface area contributed by atoms with Crippen LogP contribution in [-0.2, 0) is 9.47 Å². The van der Waals surface area contributed by atoms with Gasteiger partial charge in [-0.3, -0.25) is 0 Å². The van der Waals surface area contributed by atoms with Crippen LogP contribution in [0.2, 0.25) is 5.02 Å². The molecule has 0 bridgehead atoms. The summed E-state index contributed by atoms with van der Waals surface area (Å²) in [6.45, 7) is 3.17. The van der Waals surface area contributed by atoms with Gasteiger partial charge in [0.15, 0.2) is 0 Å². The first-order chi connectivity index (χ1) is 8.58. The van der Waals surface area contributed by atoms with Crippen LogP contribution in [-0.4, -0.2) is 33.5 Å². The molecule has 1 rings (SSSR count). The zero-order valence-electron chi connectivity index (χ0n) is 10.9. The Bertz CT molecular complexity index is 376. The molecule has 102 valence electrons. The van der Waals surface area contributed by atoms with E-state index in [-0.39, 0.29) is 17.2 Å².